The number of benzene rings is 1. The molecule has 4 nitrogen and oxygen atoms in total. The lowest BCUT2D eigenvalue weighted by atomic mass is 10.0. The lowest BCUT2D eigenvalue weighted by molar-refractivity contribution is -0.126. The fraction of sp³-hybridized carbons (Fsp3) is 0.533. The van der Waals surface area contributed by atoms with Gasteiger partial charge in [0.2, 0.25) is 5.91 Å². The Morgan fingerprint density at radius 3 is 2.40 bits per heavy atom. The first-order chi connectivity index (χ1) is 9.00. The smallest absolute Gasteiger partial charge is 0.224 e. The summed E-state index contributed by atoms with van der Waals surface area (Å²) in [5.74, 6) is -0.206. The predicted molar refractivity (Wildman–Crippen MR) is 83.8 cm³/mol. The van der Waals surface area contributed by atoms with E-state index in [2.05, 4.69) is 5.32 Å². The van der Waals surface area contributed by atoms with Gasteiger partial charge in [0.1, 0.15) is 0 Å². The molecular weight excluding hydrogens is 276 g/mol. The van der Waals surface area contributed by atoms with Crippen LogP contribution in [-0.2, 0) is 16.1 Å². The van der Waals surface area contributed by atoms with Crippen LogP contribution in [0.25, 0.3) is 0 Å². The molecule has 0 aliphatic carbocycles. The molecule has 20 heavy (non-hydrogen) atoms. The third-order valence-electron chi connectivity index (χ3n) is 3.07. The third kappa shape index (κ3) is 6.89. The van der Waals surface area contributed by atoms with Crippen LogP contribution in [-0.4, -0.2) is 24.6 Å². The molecule has 0 radical (unpaired) electrons. The van der Waals surface area contributed by atoms with Crippen molar-refractivity contribution in [3.05, 3.63) is 35.9 Å². The normalized spacial score (nSPS) is 14.8. The molecule has 0 spiro atoms. The maximum absolute atomic E-state index is 11.8. The van der Waals surface area contributed by atoms with Crippen LogP contribution < -0.4 is 11.1 Å². The fourth-order valence-corrected chi connectivity index (χ4v) is 1.58. The van der Waals surface area contributed by atoms with E-state index in [4.69, 9.17) is 10.5 Å². The van der Waals surface area contributed by atoms with E-state index in [-0.39, 0.29) is 36.3 Å². The van der Waals surface area contributed by atoms with Gasteiger partial charge in [-0.05, 0) is 19.4 Å². The molecule has 1 aromatic carbocycles. The minimum atomic E-state index is -0.184. The molecule has 0 fully saturated rings. The van der Waals surface area contributed by atoms with Gasteiger partial charge in [0.15, 0.2) is 0 Å². The van der Waals surface area contributed by atoms with Crippen molar-refractivity contribution >= 4 is 18.3 Å². The largest absolute Gasteiger partial charge is 0.375 e. The Hall–Kier alpha value is -1.10. The predicted octanol–water partition coefficient (Wildman–Crippen LogP) is 2.11. The van der Waals surface area contributed by atoms with Gasteiger partial charge < -0.3 is 15.8 Å². The first kappa shape index (κ1) is 18.9. The molecule has 114 valence electrons. The molecule has 0 saturated heterocycles. The molecule has 3 unspecified atom stereocenters. The van der Waals surface area contributed by atoms with Crippen LogP contribution >= 0.6 is 12.4 Å². The SMILES string of the molecule is CC(COCc1ccccc1)NC(=O)C(C)C(C)N.Cl. The Labute approximate surface area is 127 Å². The molecule has 1 amide bonds. The number of ether oxygens (including phenoxy) is 1. The lowest BCUT2D eigenvalue weighted by Gasteiger charge is -2.19. The average molecular weight is 301 g/mol. The second kappa shape index (κ2) is 9.75. The minimum absolute atomic E-state index is 0. The Kier molecular flexibility index (Phi) is 9.21. The zero-order valence-corrected chi connectivity index (χ0v) is 13.2. The Bertz CT molecular complexity index is 385. The Balaban J connectivity index is 0.00000361. The molecule has 0 heterocycles. The van der Waals surface area contributed by atoms with Crippen molar-refractivity contribution in [3.63, 3.8) is 0 Å². The van der Waals surface area contributed by atoms with Crippen LogP contribution in [0.15, 0.2) is 30.3 Å². The minimum Gasteiger partial charge on any atom is -0.375 e. The Morgan fingerprint density at radius 1 is 1.25 bits per heavy atom. The summed E-state index contributed by atoms with van der Waals surface area (Å²) < 4.78 is 5.58. The van der Waals surface area contributed by atoms with Gasteiger partial charge in [-0.3, -0.25) is 4.79 Å². The maximum Gasteiger partial charge on any atom is 0.224 e. The van der Waals surface area contributed by atoms with Gasteiger partial charge in [-0.2, -0.15) is 0 Å². The van der Waals surface area contributed by atoms with Gasteiger partial charge in [-0.25, -0.2) is 0 Å². The topological polar surface area (TPSA) is 64.3 Å². The third-order valence-corrected chi connectivity index (χ3v) is 3.07. The van der Waals surface area contributed by atoms with E-state index in [1.807, 2.05) is 51.1 Å². The number of nitrogens with two attached hydrogens (primary N) is 1. The molecule has 0 saturated carbocycles. The maximum atomic E-state index is 11.8. The number of carbonyl (C=O) groups is 1. The Morgan fingerprint density at radius 2 is 1.85 bits per heavy atom. The standard InChI is InChI=1S/C15H24N2O2.ClH/c1-11(17-15(18)12(2)13(3)16)9-19-10-14-7-5-4-6-8-14;/h4-8,11-13H,9-10,16H2,1-3H3,(H,17,18);1H. The highest BCUT2D eigenvalue weighted by atomic mass is 35.5. The van der Waals surface area contributed by atoms with Crippen LogP contribution in [0.1, 0.15) is 26.3 Å². The quantitative estimate of drug-likeness (QED) is 0.810. The number of amides is 1. The first-order valence-electron chi connectivity index (χ1n) is 6.68. The number of nitrogens with one attached hydrogen (secondary N) is 1. The van der Waals surface area contributed by atoms with Crippen LogP contribution in [0.5, 0.6) is 0 Å². The summed E-state index contributed by atoms with van der Waals surface area (Å²) in [4.78, 5) is 11.8. The molecule has 0 aliphatic heterocycles. The number of rotatable bonds is 7. The van der Waals surface area contributed by atoms with Crippen LogP contribution in [0, 0.1) is 5.92 Å². The van der Waals surface area contributed by atoms with E-state index < -0.39 is 0 Å². The van der Waals surface area contributed by atoms with Crippen molar-refractivity contribution in [1.29, 1.82) is 0 Å². The van der Waals surface area contributed by atoms with E-state index >= 15 is 0 Å². The number of hydrogen-bond acceptors (Lipinski definition) is 3. The van der Waals surface area contributed by atoms with E-state index in [1.54, 1.807) is 0 Å². The first-order valence-corrected chi connectivity index (χ1v) is 6.68. The molecule has 3 atom stereocenters. The summed E-state index contributed by atoms with van der Waals surface area (Å²) >= 11 is 0. The van der Waals surface area contributed by atoms with E-state index in [0.29, 0.717) is 13.2 Å². The summed E-state index contributed by atoms with van der Waals surface area (Å²) in [5, 5.41) is 2.90. The highest BCUT2D eigenvalue weighted by molar-refractivity contribution is 5.85. The van der Waals surface area contributed by atoms with Gasteiger partial charge in [-0.15, -0.1) is 12.4 Å². The van der Waals surface area contributed by atoms with Crippen molar-refractivity contribution in [1.82, 2.24) is 5.32 Å². The molecule has 0 aromatic heterocycles. The molecule has 3 N–H and O–H groups in total. The summed E-state index contributed by atoms with van der Waals surface area (Å²) in [6, 6.07) is 9.81. The summed E-state index contributed by atoms with van der Waals surface area (Å²) in [7, 11) is 0. The number of hydrogen-bond donors (Lipinski definition) is 2. The lowest BCUT2D eigenvalue weighted by Crippen LogP contribution is -2.43. The number of halogens is 1. The van der Waals surface area contributed by atoms with Crippen molar-refractivity contribution in [2.24, 2.45) is 11.7 Å². The van der Waals surface area contributed by atoms with Gasteiger partial charge >= 0.3 is 0 Å². The molecule has 0 bridgehead atoms. The van der Waals surface area contributed by atoms with Crippen molar-refractivity contribution in [2.45, 2.75) is 39.5 Å². The fourth-order valence-electron chi connectivity index (χ4n) is 1.58. The van der Waals surface area contributed by atoms with Crippen molar-refractivity contribution in [3.8, 4) is 0 Å². The van der Waals surface area contributed by atoms with E-state index in [9.17, 15) is 4.79 Å². The summed E-state index contributed by atoms with van der Waals surface area (Å²) in [6.45, 7) is 6.64. The summed E-state index contributed by atoms with van der Waals surface area (Å²) in [5.41, 5.74) is 6.83. The van der Waals surface area contributed by atoms with Crippen molar-refractivity contribution < 1.29 is 9.53 Å². The molecule has 5 heteroatoms. The van der Waals surface area contributed by atoms with Gasteiger partial charge in [-0.1, -0.05) is 37.3 Å². The van der Waals surface area contributed by atoms with E-state index in [0.717, 1.165) is 5.56 Å². The van der Waals surface area contributed by atoms with Gasteiger partial charge in [0.05, 0.1) is 13.2 Å². The second-order valence-electron chi connectivity index (χ2n) is 5.06. The molecule has 0 aliphatic rings. The molecule has 1 rings (SSSR count). The van der Waals surface area contributed by atoms with Crippen LogP contribution in [0.3, 0.4) is 0 Å². The van der Waals surface area contributed by atoms with Crippen LogP contribution in [0.2, 0.25) is 0 Å². The highest BCUT2D eigenvalue weighted by Gasteiger charge is 2.18. The summed E-state index contributed by atoms with van der Waals surface area (Å²) in [6.07, 6.45) is 0. The average Bonchev–Trinajstić information content (AvgIpc) is 2.38. The van der Waals surface area contributed by atoms with E-state index in [1.165, 1.54) is 0 Å². The van der Waals surface area contributed by atoms with Crippen LogP contribution in [0.4, 0.5) is 0 Å². The second-order valence-corrected chi connectivity index (χ2v) is 5.06. The monoisotopic (exact) mass is 300 g/mol. The van der Waals surface area contributed by atoms with Gasteiger partial charge in [0, 0.05) is 18.0 Å². The molecular formula is C15H25ClN2O2. The molecule has 1 aromatic rings. The van der Waals surface area contributed by atoms with Crippen molar-refractivity contribution in [2.75, 3.05) is 6.61 Å². The van der Waals surface area contributed by atoms with Gasteiger partial charge in [0.25, 0.3) is 0 Å². The number of carbonyl (C=O) groups excluding carboxylic acids is 1. The zero-order valence-electron chi connectivity index (χ0n) is 12.3. The zero-order chi connectivity index (χ0) is 14.3. The highest BCUT2D eigenvalue weighted by Crippen LogP contribution is 2.03.